The number of rotatable bonds is 6. The van der Waals surface area contributed by atoms with Crippen LogP contribution in [0.1, 0.15) is 55.4 Å². The summed E-state index contributed by atoms with van der Waals surface area (Å²) in [6.45, 7) is 15.4. The SMILES string of the molecule is CC(C)B(C(=O)OC(=O)B(C(C)C)C(C)C)C(C)C. The summed E-state index contributed by atoms with van der Waals surface area (Å²) >= 11 is 0. The molecule has 0 saturated heterocycles. The Labute approximate surface area is 119 Å². The van der Waals surface area contributed by atoms with E-state index in [2.05, 4.69) is 0 Å². The second kappa shape index (κ2) is 7.76. The maximum absolute atomic E-state index is 12.1. The van der Waals surface area contributed by atoms with Gasteiger partial charge in [-0.15, -0.1) is 0 Å². The standard InChI is InChI=1S/C14H28B2O3/c1-9(2)15(10(3)4)13(17)19-14(18)16(11(5)6)12(7)8/h9-12H,1-8H3. The highest BCUT2D eigenvalue weighted by atomic mass is 16.6. The molecule has 0 rings (SSSR count). The fourth-order valence-electron chi connectivity index (χ4n) is 2.86. The van der Waals surface area contributed by atoms with E-state index in [1.807, 2.05) is 55.4 Å². The molecule has 19 heavy (non-hydrogen) atoms. The zero-order chi connectivity index (χ0) is 15.3. The molecule has 0 aromatic rings. The second-order valence-electron chi connectivity index (χ2n) is 6.77. The maximum Gasteiger partial charge on any atom is 0.284 e. The highest BCUT2D eigenvalue weighted by molar-refractivity contribution is 6.95. The van der Waals surface area contributed by atoms with E-state index in [0.29, 0.717) is 0 Å². The summed E-state index contributed by atoms with van der Waals surface area (Å²) < 4.78 is 5.14. The minimum atomic E-state index is -0.374. The van der Waals surface area contributed by atoms with Crippen LogP contribution in [0.3, 0.4) is 0 Å². The molecule has 0 N–H and O–H groups in total. The van der Waals surface area contributed by atoms with Gasteiger partial charge in [0.05, 0.1) is 0 Å². The van der Waals surface area contributed by atoms with Gasteiger partial charge in [-0.3, -0.25) is 9.59 Å². The molecule has 0 spiro atoms. The largest absolute Gasteiger partial charge is 0.410 e. The van der Waals surface area contributed by atoms with Gasteiger partial charge in [-0.05, 0) is 0 Å². The van der Waals surface area contributed by atoms with Crippen LogP contribution in [-0.2, 0) is 4.74 Å². The van der Waals surface area contributed by atoms with Crippen molar-refractivity contribution in [1.29, 1.82) is 0 Å². The summed E-state index contributed by atoms with van der Waals surface area (Å²) in [7, 11) is 0. The molecule has 108 valence electrons. The Morgan fingerprint density at radius 2 is 0.842 bits per heavy atom. The van der Waals surface area contributed by atoms with Crippen molar-refractivity contribution >= 4 is 25.2 Å². The molecule has 0 atom stereocenters. The number of ether oxygens (including phenoxy) is 1. The molecule has 0 saturated carbocycles. The van der Waals surface area contributed by atoms with Crippen molar-refractivity contribution in [2.24, 2.45) is 0 Å². The van der Waals surface area contributed by atoms with E-state index >= 15 is 0 Å². The van der Waals surface area contributed by atoms with E-state index in [0.717, 1.165) is 0 Å². The predicted octanol–water partition coefficient (Wildman–Crippen LogP) is 5.04. The summed E-state index contributed by atoms with van der Waals surface area (Å²) in [6.07, 6.45) is 0. The monoisotopic (exact) mass is 266 g/mol. The molecule has 5 heteroatoms. The van der Waals surface area contributed by atoms with Crippen LogP contribution in [0.25, 0.3) is 0 Å². The molecule has 3 nitrogen and oxygen atoms in total. The lowest BCUT2D eigenvalue weighted by molar-refractivity contribution is 0.181. The van der Waals surface area contributed by atoms with Crippen LogP contribution in [-0.4, -0.2) is 25.2 Å². The van der Waals surface area contributed by atoms with Crippen LogP contribution in [0.15, 0.2) is 0 Å². The molecule has 0 unspecified atom stereocenters. The third-order valence-corrected chi connectivity index (χ3v) is 3.62. The fourth-order valence-corrected chi connectivity index (χ4v) is 2.86. The van der Waals surface area contributed by atoms with E-state index < -0.39 is 0 Å². The zero-order valence-electron chi connectivity index (χ0n) is 13.7. The van der Waals surface area contributed by atoms with Crippen LogP contribution < -0.4 is 0 Å². The van der Waals surface area contributed by atoms with Gasteiger partial charge in [0.15, 0.2) is 0 Å². The highest BCUT2D eigenvalue weighted by Gasteiger charge is 2.38. The first-order chi connectivity index (χ1) is 8.59. The van der Waals surface area contributed by atoms with Crippen LogP contribution in [0.2, 0.25) is 23.3 Å². The molecule has 0 aromatic heterocycles. The summed E-state index contributed by atoms with van der Waals surface area (Å²) in [5.74, 6) is -0.0370. The zero-order valence-corrected chi connectivity index (χ0v) is 13.7. The minimum absolute atomic E-state index is 0.178. The fraction of sp³-hybridized carbons (Fsp3) is 0.857. The van der Waals surface area contributed by atoms with Crippen molar-refractivity contribution in [3.05, 3.63) is 0 Å². The number of hydrogen-bond acceptors (Lipinski definition) is 3. The van der Waals surface area contributed by atoms with Crippen LogP contribution in [0, 0.1) is 0 Å². The third-order valence-electron chi connectivity index (χ3n) is 3.62. The Kier molecular flexibility index (Phi) is 7.46. The Morgan fingerprint density at radius 1 is 0.632 bits per heavy atom. The van der Waals surface area contributed by atoms with Crippen LogP contribution in [0.4, 0.5) is 9.59 Å². The van der Waals surface area contributed by atoms with Gasteiger partial charge in [0.2, 0.25) is 0 Å². The second-order valence-corrected chi connectivity index (χ2v) is 6.77. The van der Waals surface area contributed by atoms with Gasteiger partial charge < -0.3 is 4.74 Å². The first kappa shape index (κ1) is 18.3. The first-order valence-electron chi connectivity index (χ1n) is 7.35. The maximum atomic E-state index is 12.1. The minimum Gasteiger partial charge on any atom is -0.410 e. The topological polar surface area (TPSA) is 43.4 Å². The summed E-state index contributed by atoms with van der Waals surface area (Å²) in [6, 6.07) is 0. The lowest BCUT2D eigenvalue weighted by Gasteiger charge is -2.22. The van der Waals surface area contributed by atoms with Gasteiger partial charge in [0.1, 0.15) is 0 Å². The van der Waals surface area contributed by atoms with Gasteiger partial charge >= 0.3 is 0 Å². The highest BCUT2D eigenvalue weighted by Crippen LogP contribution is 2.25. The van der Waals surface area contributed by atoms with E-state index in [1.54, 1.807) is 0 Å². The third kappa shape index (κ3) is 5.41. The normalized spacial score (nSPS) is 11.4. The Balaban J connectivity index is 4.83. The Morgan fingerprint density at radius 3 is 1.00 bits per heavy atom. The van der Waals surface area contributed by atoms with Crippen molar-refractivity contribution in [2.75, 3.05) is 0 Å². The number of hydrogen-bond donors (Lipinski definition) is 0. The Bertz CT molecular complexity index is 266. The van der Waals surface area contributed by atoms with Crippen molar-refractivity contribution in [2.45, 2.75) is 78.7 Å². The molecule has 0 bridgehead atoms. The number of carbonyl (C=O) groups excluding carboxylic acids is 2. The summed E-state index contributed by atoms with van der Waals surface area (Å²) in [4.78, 5) is 24.3. The molecular formula is C14H28B2O3. The van der Waals surface area contributed by atoms with Gasteiger partial charge in [-0.2, -0.15) is 0 Å². The molecule has 0 heterocycles. The molecule has 0 aliphatic carbocycles. The van der Waals surface area contributed by atoms with Crippen molar-refractivity contribution in [1.82, 2.24) is 0 Å². The van der Waals surface area contributed by atoms with Gasteiger partial charge in [0, 0.05) is 0 Å². The number of carbonyl (C=O) groups is 2. The molecule has 0 amide bonds. The predicted molar refractivity (Wildman–Crippen MR) is 83.8 cm³/mol. The summed E-state index contributed by atoms with van der Waals surface area (Å²) in [5, 5.41) is 0. The lowest BCUT2D eigenvalue weighted by atomic mass is 9.34. The Hall–Kier alpha value is -0.730. The van der Waals surface area contributed by atoms with Crippen molar-refractivity contribution < 1.29 is 14.3 Å². The smallest absolute Gasteiger partial charge is 0.284 e. The average Bonchev–Trinajstić information content (AvgIpc) is 2.13. The van der Waals surface area contributed by atoms with E-state index in [1.165, 1.54) is 0 Å². The van der Waals surface area contributed by atoms with Gasteiger partial charge in [-0.25, -0.2) is 0 Å². The molecule has 0 fully saturated rings. The molecular weight excluding hydrogens is 238 g/mol. The summed E-state index contributed by atoms with van der Waals surface area (Å²) in [5.41, 5.74) is 0. The first-order valence-corrected chi connectivity index (χ1v) is 7.35. The van der Waals surface area contributed by atoms with E-state index in [9.17, 15) is 9.59 Å². The lowest BCUT2D eigenvalue weighted by Crippen LogP contribution is -2.40. The van der Waals surface area contributed by atoms with Crippen molar-refractivity contribution in [3.8, 4) is 0 Å². The van der Waals surface area contributed by atoms with Crippen LogP contribution in [0.5, 0.6) is 0 Å². The van der Waals surface area contributed by atoms with E-state index in [-0.39, 0.29) is 48.4 Å². The van der Waals surface area contributed by atoms with E-state index in [4.69, 9.17) is 4.74 Å². The average molecular weight is 266 g/mol. The van der Waals surface area contributed by atoms with Gasteiger partial charge in [-0.1, -0.05) is 78.7 Å². The quantitative estimate of drug-likeness (QED) is 0.499. The van der Waals surface area contributed by atoms with Gasteiger partial charge in [0.25, 0.3) is 25.2 Å². The molecule has 0 radical (unpaired) electrons. The van der Waals surface area contributed by atoms with Crippen molar-refractivity contribution in [3.63, 3.8) is 0 Å². The molecule has 0 aromatic carbocycles. The molecule has 0 aliphatic heterocycles. The van der Waals surface area contributed by atoms with Crippen LogP contribution >= 0.6 is 0 Å². The molecule has 0 aliphatic rings.